The summed E-state index contributed by atoms with van der Waals surface area (Å²) in [5.41, 5.74) is 5.39. The number of carbonyl (C=O) groups is 1. The molecule has 1 heterocycles. The molecule has 0 spiro atoms. The van der Waals surface area contributed by atoms with Gasteiger partial charge in [-0.2, -0.15) is 0 Å². The molecule has 116 valence electrons. The molecule has 1 aliphatic rings. The lowest BCUT2D eigenvalue weighted by molar-refractivity contribution is -0.120. The second-order valence-corrected chi connectivity index (χ2v) is 5.47. The number of epoxide rings is 1. The molecule has 0 radical (unpaired) electrons. The monoisotopic (exact) mass is 282 g/mol. The fraction of sp³-hybridized carbons (Fsp3) is 0.812. The van der Waals surface area contributed by atoms with Crippen molar-refractivity contribution in [2.75, 3.05) is 13.1 Å². The summed E-state index contributed by atoms with van der Waals surface area (Å²) in [6, 6.07) is 0. The van der Waals surface area contributed by atoms with E-state index in [-0.39, 0.29) is 5.91 Å². The van der Waals surface area contributed by atoms with E-state index in [1.807, 2.05) is 6.08 Å². The van der Waals surface area contributed by atoms with Gasteiger partial charge in [-0.25, -0.2) is 0 Å². The zero-order valence-corrected chi connectivity index (χ0v) is 12.8. The number of ether oxygens (including phenoxy) is 1. The lowest BCUT2D eigenvalue weighted by Crippen LogP contribution is -2.23. The molecular weight excluding hydrogens is 252 g/mol. The highest BCUT2D eigenvalue weighted by Gasteiger charge is 2.36. The number of carbonyl (C=O) groups excluding carboxylic acids is 1. The Labute approximate surface area is 123 Å². The first kappa shape index (κ1) is 17.2. The van der Waals surface area contributed by atoms with E-state index in [0.717, 1.165) is 25.8 Å². The van der Waals surface area contributed by atoms with Crippen molar-refractivity contribution in [3.8, 4) is 0 Å². The number of amides is 1. The minimum Gasteiger partial charge on any atom is -0.369 e. The Kier molecular flexibility index (Phi) is 9.33. The van der Waals surface area contributed by atoms with Crippen LogP contribution in [-0.2, 0) is 9.53 Å². The van der Waals surface area contributed by atoms with E-state index < -0.39 is 0 Å². The van der Waals surface area contributed by atoms with Crippen LogP contribution in [0.3, 0.4) is 0 Å². The molecule has 20 heavy (non-hydrogen) atoms. The molecule has 1 aliphatic heterocycles. The molecule has 1 saturated heterocycles. The van der Waals surface area contributed by atoms with Crippen LogP contribution < -0.4 is 11.1 Å². The van der Waals surface area contributed by atoms with Crippen molar-refractivity contribution in [2.24, 2.45) is 5.73 Å². The van der Waals surface area contributed by atoms with Crippen LogP contribution >= 0.6 is 0 Å². The smallest absolute Gasteiger partial charge is 0.223 e. The third-order valence-corrected chi connectivity index (χ3v) is 3.57. The normalized spacial score (nSPS) is 21.3. The Hall–Kier alpha value is -0.870. The molecule has 0 bridgehead atoms. The fourth-order valence-corrected chi connectivity index (χ4v) is 2.23. The average Bonchev–Trinajstić information content (AvgIpc) is 3.19. The van der Waals surface area contributed by atoms with Crippen LogP contribution in [0.2, 0.25) is 0 Å². The second kappa shape index (κ2) is 10.9. The number of nitrogens with two attached hydrogens (primary N) is 1. The first-order valence-corrected chi connectivity index (χ1v) is 8.05. The molecule has 4 heteroatoms. The molecule has 0 aromatic carbocycles. The maximum atomic E-state index is 11.5. The summed E-state index contributed by atoms with van der Waals surface area (Å²) in [4.78, 5) is 11.5. The number of rotatable bonds is 12. The zero-order chi connectivity index (χ0) is 14.6. The summed E-state index contributed by atoms with van der Waals surface area (Å²) in [5, 5.41) is 2.89. The standard InChI is InChI=1S/C16H30N2O2/c1-2-3-4-9-14-15(20-14)10-5-6-11-16(19)18-13-8-7-12-17/h5-6,14-15H,2-4,7-13,17H2,1H3,(H,18,19). The Bertz CT molecular complexity index is 292. The quantitative estimate of drug-likeness (QED) is 0.328. The second-order valence-electron chi connectivity index (χ2n) is 5.47. The molecule has 0 aromatic heterocycles. The SMILES string of the molecule is CCCCCC1OC1CC=CCC(=O)NCCCCN. The lowest BCUT2D eigenvalue weighted by Gasteiger charge is -2.01. The van der Waals surface area contributed by atoms with E-state index in [0.29, 0.717) is 25.2 Å². The van der Waals surface area contributed by atoms with Crippen molar-refractivity contribution in [2.45, 2.75) is 70.5 Å². The van der Waals surface area contributed by atoms with Crippen LogP contribution in [0.25, 0.3) is 0 Å². The van der Waals surface area contributed by atoms with Crippen molar-refractivity contribution in [3.05, 3.63) is 12.2 Å². The maximum Gasteiger partial charge on any atom is 0.223 e. The Morgan fingerprint density at radius 2 is 2.05 bits per heavy atom. The Morgan fingerprint density at radius 3 is 2.80 bits per heavy atom. The van der Waals surface area contributed by atoms with E-state index in [1.54, 1.807) is 0 Å². The van der Waals surface area contributed by atoms with Crippen molar-refractivity contribution in [1.29, 1.82) is 0 Å². The van der Waals surface area contributed by atoms with Gasteiger partial charge in [-0.15, -0.1) is 0 Å². The third-order valence-electron chi connectivity index (χ3n) is 3.57. The van der Waals surface area contributed by atoms with E-state index in [2.05, 4.69) is 18.3 Å². The summed E-state index contributed by atoms with van der Waals surface area (Å²) >= 11 is 0. The lowest BCUT2D eigenvalue weighted by atomic mass is 10.1. The van der Waals surface area contributed by atoms with Crippen molar-refractivity contribution in [1.82, 2.24) is 5.32 Å². The summed E-state index contributed by atoms with van der Waals surface area (Å²) in [7, 11) is 0. The molecule has 2 unspecified atom stereocenters. The van der Waals surface area contributed by atoms with Crippen LogP contribution in [0.4, 0.5) is 0 Å². The highest BCUT2D eigenvalue weighted by Crippen LogP contribution is 2.30. The molecular formula is C16H30N2O2. The number of hydrogen-bond donors (Lipinski definition) is 2. The van der Waals surface area contributed by atoms with E-state index in [9.17, 15) is 4.79 Å². The molecule has 0 saturated carbocycles. The van der Waals surface area contributed by atoms with Gasteiger partial charge in [-0.05, 0) is 32.2 Å². The van der Waals surface area contributed by atoms with Gasteiger partial charge in [0.1, 0.15) is 0 Å². The van der Waals surface area contributed by atoms with Crippen LogP contribution in [0.15, 0.2) is 12.2 Å². The highest BCUT2D eigenvalue weighted by atomic mass is 16.6. The minimum atomic E-state index is 0.0921. The molecule has 2 atom stereocenters. The van der Waals surface area contributed by atoms with Gasteiger partial charge in [0.15, 0.2) is 0 Å². The van der Waals surface area contributed by atoms with Gasteiger partial charge in [0, 0.05) is 13.0 Å². The summed E-state index contributed by atoms with van der Waals surface area (Å²) in [6.07, 6.45) is 13.2. The van der Waals surface area contributed by atoms with Gasteiger partial charge in [0.25, 0.3) is 0 Å². The number of unbranched alkanes of at least 4 members (excludes halogenated alkanes) is 3. The minimum absolute atomic E-state index is 0.0921. The molecule has 0 aliphatic carbocycles. The number of nitrogens with one attached hydrogen (secondary N) is 1. The molecule has 1 rings (SSSR count). The Morgan fingerprint density at radius 1 is 1.20 bits per heavy atom. The van der Waals surface area contributed by atoms with Crippen molar-refractivity contribution >= 4 is 5.91 Å². The largest absolute Gasteiger partial charge is 0.369 e. The van der Waals surface area contributed by atoms with Crippen LogP contribution in [0.1, 0.15) is 58.3 Å². The summed E-state index contributed by atoms with van der Waals surface area (Å²) in [5.74, 6) is 0.0921. The molecule has 0 aromatic rings. The van der Waals surface area contributed by atoms with E-state index in [1.165, 1.54) is 25.7 Å². The Balaban J connectivity index is 1.93. The third kappa shape index (κ3) is 8.33. The fourth-order valence-electron chi connectivity index (χ4n) is 2.23. The molecule has 4 nitrogen and oxygen atoms in total. The van der Waals surface area contributed by atoms with Gasteiger partial charge in [0.2, 0.25) is 5.91 Å². The van der Waals surface area contributed by atoms with Crippen LogP contribution in [-0.4, -0.2) is 31.2 Å². The van der Waals surface area contributed by atoms with E-state index in [4.69, 9.17) is 10.5 Å². The summed E-state index contributed by atoms with van der Waals surface area (Å²) in [6.45, 7) is 3.64. The van der Waals surface area contributed by atoms with Gasteiger partial charge in [0.05, 0.1) is 12.2 Å². The topological polar surface area (TPSA) is 67.7 Å². The van der Waals surface area contributed by atoms with Gasteiger partial charge in [-0.1, -0.05) is 38.3 Å². The average molecular weight is 282 g/mol. The van der Waals surface area contributed by atoms with Gasteiger partial charge in [-0.3, -0.25) is 4.79 Å². The molecule has 1 amide bonds. The van der Waals surface area contributed by atoms with Crippen LogP contribution in [0, 0.1) is 0 Å². The van der Waals surface area contributed by atoms with E-state index >= 15 is 0 Å². The maximum absolute atomic E-state index is 11.5. The van der Waals surface area contributed by atoms with Gasteiger partial charge >= 0.3 is 0 Å². The molecule has 1 fully saturated rings. The highest BCUT2D eigenvalue weighted by molar-refractivity contribution is 5.77. The van der Waals surface area contributed by atoms with Crippen molar-refractivity contribution in [3.63, 3.8) is 0 Å². The van der Waals surface area contributed by atoms with Crippen molar-refractivity contribution < 1.29 is 9.53 Å². The predicted molar refractivity (Wildman–Crippen MR) is 82.5 cm³/mol. The van der Waals surface area contributed by atoms with Crippen LogP contribution in [0.5, 0.6) is 0 Å². The number of hydrogen-bond acceptors (Lipinski definition) is 3. The first-order valence-electron chi connectivity index (χ1n) is 8.05. The zero-order valence-electron chi connectivity index (χ0n) is 12.8. The molecule has 3 N–H and O–H groups in total. The predicted octanol–water partition coefficient (Wildman–Crippen LogP) is 2.53. The first-order chi connectivity index (χ1) is 9.77. The summed E-state index contributed by atoms with van der Waals surface area (Å²) < 4.78 is 5.60. The van der Waals surface area contributed by atoms with Gasteiger partial charge < -0.3 is 15.8 Å².